The first-order valence-corrected chi connectivity index (χ1v) is 7.18. The Labute approximate surface area is 141 Å². The summed E-state index contributed by atoms with van der Waals surface area (Å²) in [6.45, 7) is 15.1. The minimum Gasteiger partial charge on any atom is -0.272 e. The maximum atomic E-state index is 6.25. The zero-order valence-corrected chi connectivity index (χ0v) is 13.4. The van der Waals surface area contributed by atoms with Gasteiger partial charge in [-0.15, -0.1) is 0 Å². The van der Waals surface area contributed by atoms with Gasteiger partial charge in [-0.3, -0.25) is 15.0 Å². The molecule has 0 unspecified atom stereocenters. The molecule has 3 nitrogen and oxygen atoms in total. The third-order valence-corrected chi connectivity index (χ3v) is 3.67. The van der Waals surface area contributed by atoms with Crippen molar-refractivity contribution >= 4 is 36.3 Å². The number of hydrogen-bond donors (Lipinski definition) is 0. The van der Waals surface area contributed by atoms with Crippen LogP contribution in [0.25, 0.3) is 16.7 Å². The normalized spacial score (nSPS) is 10.5. The first kappa shape index (κ1) is 16.6. The van der Waals surface area contributed by atoms with Gasteiger partial charge < -0.3 is 0 Å². The summed E-state index contributed by atoms with van der Waals surface area (Å²) in [5.74, 6) is 0. The number of hydrogen-bond acceptors (Lipinski definition) is 3. The maximum absolute atomic E-state index is 6.25. The van der Waals surface area contributed by atoms with Gasteiger partial charge in [0.15, 0.2) is 0 Å². The highest BCUT2D eigenvalue weighted by atomic mass is 35.5. The molecule has 2 aromatic rings. The summed E-state index contributed by atoms with van der Waals surface area (Å²) in [6.07, 6.45) is 6.68. The highest BCUT2D eigenvalue weighted by molar-refractivity contribution is 6.33. The Bertz CT molecular complexity index is 819. The Hall–Kier alpha value is -2.78. The average Bonchev–Trinajstić information content (AvgIpc) is 2.58. The molecule has 23 heavy (non-hydrogen) atoms. The summed E-state index contributed by atoms with van der Waals surface area (Å²) < 4.78 is 0. The molecule has 0 aliphatic carbocycles. The van der Waals surface area contributed by atoms with Crippen LogP contribution in [0.15, 0.2) is 77.7 Å². The standard InChI is InChI=1S/C19H16ClN3/c1-13(7-9-21-3)14(2)16-11-15(5-6-19(16)22-4)17-12-23-10-8-18(17)20/h5-12H,1-4H2/b9-7-. The smallest absolute Gasteiger partial charge is 0.0701 e. The molecule has 1 aromatic heterocycles. The molecular weight excluding hydrogens is 306 g/mol. The van der Waals surface area contributed by atoms with Crippen molar-refractivity contribution in [3.63, 3.8) is 0 Å². The fraction of sp³-hybridized carbons (Fsp3) is 0. The van der Waals surface area contributed by atoms with Crippen LogP contribution in [0, 0.1) is 0 Å². The van der Waals surface area contributed by atoms with Crippen LogP contribution < -0.4 is 0 Å². The van der Waals surface area contributed by atoms with E-state index in [1.165, 1.54) is 0 Å². The lowest BCUT2D eigenvalue weighted by Gasteiger charge is -2.12. The highest BCUT2D eigenvalue weighted by Gasteiger charge is 2.11. The zero-order chi connectivity index (χ0) is 16.8. The number of allylic oxidation sites excluding steroid dienone is 3. The summed E-state index contributed by atoms with van der Waals surface area (Å²) in [7, 11) is 0. The summed E-state index contributed by atoms with van der Waals surface area (Å²) in [5.41, 5.74) is 4.76. The second-order valence-corrected chi connectivity index (χ2v) is 5.15. The van der Waals surface area contributed by atoms with Crippen LogP contribution in [0.3, 0.4) is 0 Å². The number of benzene rings is 1. The van der Waals surface area contributed by atoms with Crippen LogP contribution in [-0.2, 0) is 0 Å². The predicted octanol–water partition coefficient (Wildman–Crippen LogP) is 5.52. The second-order valence-electron chi connectivity index (χ2n) is 4.75. The molecule has 0 spiro atoms. The van der Waals surface area contributed by atoms with Crippen molar-refractivity contribution < 1.29 is 0 Å². The molecule has 2 rings (SSSR count). The van der Waals surface area contributed by atoms with Gasteiger partial charge in [-0.25, -0.2) is 0 Å². The molecule has 1 aromatic carbocycles. The number of halogens is 1. The molecule has 0 atom stereocenters. The lowest BCUT2D eigenvalue weighted by molar-refractivity contribution is 1.33. The van der Waals surface area contributed by atoms with E-state index in [9.17, 15) is 0 Å². The molecule has 0 aliphatic heterocycles. The van der Waals surface area contributed by atoms with E-state index in [0.29, 0.717) is 5.02 Å². The van der Waals surface area contributed by atoms with E-state index < -0.39 is 0 Å². The molecule has 0 saturated carbocycles. The SMILES string of the molecule is C=N/C=C\C(=C)C(=C)c1cc(-c2cnccc2Cl)ccc1N=C. The number of nitrogens with zero attached hydrogens (tertiary/aromatic N) is 3. The Morgan fingerprint density at radius 1 is 1.17 bits per heavy atom. The first-order chi connectivity index (χ1) is 11.1. The van der Waals surface area contributed by atoms with E-state index in [0.717, 1.165) is 33.5 Å². The second kappa shape index (κ2) is 7.47. The van der Waals surface area contributed by atoms with Crippen molar-refractivity contribution in [2.24, 2.45) is 9.98 Å². The molecule has 0 saturated heterocycles. The van der Waals surface area contributed by atoms with E-state index >= 15 is 0 Å². The Kier molecular flexibility index (Phi) is 5.39. The number of pyridine rings is 1. The Morgan fingerprint density at radius 2 is 1.96 bits per heavy atom. The largest absolute Gasteiger partial charge is 0.272 e. The van der Waals surface area contributed by atoms with Gasteiger partial charge in [0.1, 0.15) is 0 Å². The fourth-order valence-corrected chi connectivity index (χ4v) is 2.30. The van der Waals surface area contributed by atoms with Crippen molar-refractivity contribution in [1.29, 1.82) is 0 Å². The Morgan fingerprint density at radius 3 is 2.61 bits per heavy atom. The molecule has 0 aliphatic rings. The third-order valence-electron chi connectivity index (χ3n) is 3.34. The first-order valence-electron chi connectivity index (χ1n) is 6.80. The van der Waals surface area contributed by atoms with Crippen LogP contribution in [-0.4, -0.2) is 18.4 Å². The van der Waals surface area contributed by atoms with E-state index in [4.69, 9.17) is 11.6 Å². The minimum absolute atomic E-state index is 0.630. The molecule has 4 heteroatoms. The molecular formula is C19H16ClN3. The fourth-order valence-electron chi connectivity index (χ4n) is 2.09. The van der Waals surface area contributed by atoms with Gasteiger partial charge in [0, 0.05) is 29.7 Å². The van der Waals surface area contributed by atoms with Gasteiger partial charge in [-0.1, -0.05) is 30.8 Å². The Balaban J connectivity index is 2.52. The average molecular weight is 322 g/mol. The number of aromatic nitrogens is 1. The van der Waals surface area contributed by atoms with Gasteiger partial charge in [-0.05, 0) is 54.4 Å². The predicted molar refractivity (Wildman–Crippen MR) is 101 cm³/mol. The van der Waals surface area contributed by atoms with Gasteiger partial charge in [0.05, 0.1) is 10.7 Å². The van der Waals surface area contributed by atoms with Crippen LogP contribution in [0.5, 0.6) is 0 Å². The summed E-state index contributed by atoms with van der Waals surface area (Å²) >= 11 is 6.25. The van der Waals surface area contributed by atoms with E-state index in [-0.39, 0.29) is 0 Å². The molecule has 1 heterocycles. The zero-order valence-electron chi connectivity index (χ0n) is 12.7. The van der Waals surface area contributed by atoms with Gasteiger partial charge in [0.25, 0.3) is 0 Å². The van der Waals surface area contributed by atoms with Crippen LogP contribution in [0.2, 0.25) is 5.02 Å². The molecule has 114 valence electrons. The lowest BCUT2D eigenvalue weighted by atomic mass is 9.95. The number of rotatable bonds is 6. The molecule has 0 fully saturated rings. The molecule has 0 radical (unpaired) electrons. The van der Waals surface area contributed by atoms with Crippen LogP contribution >= 0.6 is 11.6 Å². The van der Waals surface area contributed by atoms with E-state index in [2.05, 4.69) is 41.6 Å². The van der Waals surface area contributed by atoms with Gasteiger partial charge in [0.2, 0.25) is 0 Å². The van der Waals surface area contributed by atoms with E-state index in [1.54, 1.807) is 30.7 Å². The number of aliphatic imine (C=N–C) groups is 2. The molecule has 0 amide bonds. The molecule has 0 bridgehead atoms. The van der Waals surface area contributed by atoms with Gasteiger partial charge >= 0.3 is 0 Å². The summed E-state index contributed by atoms with van der Waals surface area (Å²) in [5, 5.41) is 0.630. The van der Waals surface area contributed by atoms with Crippen molar-refractivity contribution in [2.75, 3.05) is 0 Å². The molecule has 0 N–H and O–H groups in total. The topological polar surface area (TPSA) is 37.6 Å². The third kappa shape index (κ3) is 3.71. The van der Waals surface area contributed by atoms with Crippen molar-refractivity contribution in [1.82, 2.24) is 4.98 Å². The monoisotopic (exact) mass is 321 g/mol. The van der Waals surface area contributed by atoms with Crippen molar-refractivity contribution in [3.05, 3.63) is 78.3 Å². The van der Waals surface area contributed by atoms with Gasteiger partial charge in [-0.2, -0.15) is 0 Å². The van der Waals surface area contributed by atoms with Crippen molar-refractivity contribution in [2.45, 2.75) is 0 Å². The lowest BCUT2D eigenvalue weighted by Crippen LogP contribution is -1.89. The van der Waals surface area contributed by atoms with E-state index in [1.807, 2.05) is 18.2 Å². The summed E-state index contributed by atoms with van der Waals surface area (Å²) in [4.78, 5) is 11.9. The quantitative estimate of drug-likeness (QED) is 0.510. The van der Waals surface area contributed by atoms with Crippen LogP contribution in [0.1, 0.15) is 5.56 Å². The highest BCUT2D eigenvalue weighted by Crippen LogP contribution is 2.35. The van der Waals surface area contributed by atoms with Crippen molar-refractivity contribution in [3.8, 4) is 11.1 Å². The summed E-state index contributed by atoms with van der Waals surface area (Å²) in [6, 6.07) is 7.50. The maximum Gasteiger partial charge on any atom is 0.0701 e. The minimum atomic E-state index is 0.630. The van der Waals surface area contributed by atoms with Crippen LogP contribution in [0.4, 0.5) is 5.69 Å².